The van der Waals surface area contributed by atoms with Crippen molar-refractivity contribution in [2.24, 2.45) is 7.05 Å². The molecule has 0 bridgehead atoms. The fraction of sp³-hybridized carbons (Fsp3) is 0.600. The standard InChI is InChI=1S/C10H18N4O/c1-11-5-4-7-13(2)9-10(15)14(3)8-6-12-9/h6,8,11H,4-5,7H2,1-3H3. The molecule has 0 aromatic carbocycles. The first kappa shape index (κ1) is 11.7. The largest absolute Gasteiger partial charge is 0.355 e. The van der Waals surface area contributed by atoms with Crippen molar-refractivity contribution in [1.82, 2.24) is 14.9 Å². The number of hydrogen-bond donors (Lipinski definition) is 1. The number of nitrogens with zero attached hydrogens (tertiary/aromatic N) is 3. The van der Waals surface area contributed by atoms with Crippen molar-refractivity contribution in [3.63, 3.8) is 0 Å². The predicted molar refractivity (Wildman–Crippen MR) is 61.3 cm³/mol. The van der Waals surface area contributed by atoms with E-state index in [0.717, 1.165) is 19.5 Å². The quantitative estimate of drug-likeness (QED) is 0.685. The van der Waals surface area contributed by atoms with Gasteiger partial charge in [-0.05, 0) is 20.0 Å². The van der Waals surface area contributed by atoms with Crippen LogP contribution in [0.15, 0.2) is 17.2 Å². The average molecular weight is 210 g/mol. The number of aromatic nitrogens is 2. The van der Waals surface area contributed by atoms with Gasteiger partial charge in [0.05, 0.1) is 0 Å². The smallest absolute Gasteiger partial charge is 0.293 e. The van der Waals surface area contributed by atoms with Crippen molar-refractivity contribution < 1.29 is 0 Å². The van der Waals surface area contributed by atoms with E-state index in [0.29, 0.717) is 5.82 Å². The monoisotopic (exact) mass is 210 g/mol. The van der Waals surface area contributed by atoms with Gasteiger partial charge in [0.25, 0.3) is 5.56 Å². The Balaban J connectivity index is 2.69. The van der Waals surface area contributed by atoms with Crippen LogP contribution in [0.1, 0.15) is 6.42 Å². The van der Waals surface area contributed by atoms with Gasteiger partial charge in [-0.3, -0.25) is 4.79 Å². The molecule has 0 saturated heterocycles. The molecule has 84 valence electrons. The highest BCUT2D eigenvalue weighted by molar-refractivity contribution is 5.33. The molecule has 0 spiro atoms. The molecule has 5 heteroatoms. The molecule has 15 heavy (non-hydrogen) atoms. The van der Waals surface area contributed by atoms with Gasteiger partial charge in [0.15, 0.2) is 5.82 Å². The lowest BCUT2D eigenvalue weighted by atomic mass is 10.4. The molecule has 0 saturated carbocycles. The number of anilines is 1. The number of aryl methyl sites for hydroxylation is 1. The van der Waals surface area contributed by atoms with E-state index in [1.807, 2.05) is 19.0 Å². The van der Waals surface area contributed by atoms with Crippen molar-refractivity contribution in [1.29, 1.82) is 0 Å². The first-order valence-electron chi connectivity index (χ1n) is 5.04. The fourth-order valence-corrected chi connectivity index (χ4v) is 1.35. The maximum absolute atomic E-state index is 11.7. The van der Waals surface area contributed by atoms with Crippen LogP contribution in [0.4, 0.5) is 5.82 Å². The van der Waals surface area contributed by atoms with Gasteiger partial charge in [-0.15, -0.1) is 0 Å². The summed E-state index contributed by atoms with van der Waals surface area (Å²) in [6, 6.07) is 0. The van der Waals surface area contributed by atoms with Crippen LogP contribution in [0.2, 0.25) is 0 Å². The van der Waals surface area contributed by atoms with Crippen molar-refractivity contribution >= 4 is 5.82 Å². The maximum atomic E-state index is 11.7. The first-order chi connectivity index (χ1) is 7.16. The second kappa shape index (κ2) is 5.50. The Bertz CT molecular complexity index is 361. The highest BCUT2D eigenvalue weighted by atomic mass is 16.1. The van der Waals surface area contributed by atoms with Gasteiger partial charge in [-0.2, -0.15) is 0 Å². The van der Waals surface area contributed by atoms with Crippen LogP contribution in [0, 0.1) is 0 Å². The zero-order valence-corrected chi connectivity index (χ0v) is 9.53. The van der Waals surface area contributed by atoms with E-state index < -0.39 is 0 Å². The zero-order valence-electron chi connectivity index (χ0n) is 9.53. The highest BCUT2D eigenvalue weighted by Crippen LogP contribution is 2.00. The van der Waals surface area contributed by atoms with Crippen LogP contribution in [-0.2, 0) is 7.05 Å². The highest BCUT2D eigenvalue weighted by Gasteiger charge is 2.07. The van der Waals surface area contributed by atoms with Gasteiger partial charge < -0.3 is 14.8 Å². The summed E-state index contributed by atoms with van der Waals surface area (Å²) in [6.45, 7) is 1.77. The summed E-state index contributed by atoms with van der Waals surface area (Å²) < 4.78 is 1.54. The molecule has 0 unspecified atom stereocenters. The zero-order chi connectivity index (χ0) is 11.3. The van der Waals surface area contributed by atoms with Gasteiger partial charge in [0.2, 0.25) is 0 Å². The predicted octanol–water partition coefficient (Wildman–Crippen LogP) is -0.174. The summed E-state index contributed by atoms with van der Waals surface area (Å²) in [5.41, 5.74) is -0.0514. The molecule has 0 amide bonds. The van der Waals surface area contributed by atoms with E-state index in [1.54, 1.807) is 19.4 Å². The Kier molecular flexibility index (Phi) is 4.30. The minimum absolute atomic E-state index is 0.0514. The lowest BCUT2D eigenvalue weighted by molar-refractivity contribution is 0.702. The second-order valence-corrected chi connectivity index (χ2v) is 3.55. The van der Waals surface area contributed by atoms with E-state index >= 15 is 0 Å². The molecular formula is C10H18N4O. The SMILES string of the molecule is CNCCCN(C)c1nccn(C)c1=O. The fourth-order valence-electron chi connectivity index (χ4n) is 1.35. The summed E-state index contributed by atoms with van der Waals surface area (Å²) in [4.78, 5) is 17.7. The van der Waals surface area contributed by atoms with Crippen LogP contribution in [-0.4, -0.2) is 36.7 Å². The van der Waals surface area contributed by atoms with Crippen molar-refractivity contribution in [3.05, 3.63) is 22.7 Å². The molecule has 0 aliphatic heterocycles. The molecule has 5 nitrogen and oxygen atoms in total. The molecule has 1 heterocycles. The molecule has 0 aliphatic carbocycles. The van der Waals surface area contributed by atoms with Gasteiger partial charge in [0.1, 0.15) is 0 Å². The topological polar surface area (TPSA) is 50.2 Å². The lowest BCUT2D eigenvalue weighted by Crippen LogP contribution is -2.31. The summed E-state index contributed by atoms with van der Waals surface area (Å²) in [5, 5.41) is 3.07. The van der Waals surface area contributed by atoms with Gasteiger partial charge in [-0.1, -0.05) is 0 Å². The molecule has 0 radical (unpaired) electrons. The van der Waals surface area contributed by atoms with E-state index in [9.17, 15) is 4.79 Å². The third-order valence-corrected chi connectivity index (χ3v) is 2.28. The summed E-state index contributed by atoms with van der Waals surface area (Å²) in [6.07, 6.45) is 4.30. The molecular weight excluding hydrogens is 192 g/mol. The maximum Gasteiger partial charge on any atom is 0.293 e. The van der Waals surface area contributed by atoms with Crippen molar-refractivity contribution in [3.8, 4) is 0 Å². The molecule has 1 N–H and O–H groups in total. The molecule has 1 aromatic heterocycles. The van der Waals surface area contributed by atoms with Crippen LogP contribution < -0.4 is 15.8 Å². The number of hydrogen-bond acceptors (Lipinski definition) is 4. The third-order valence-electron chi connectivity index (χ3n) is 2.28. The van der Waals surface area contributed by atoms with E-state index in [2.05, 4.69) is 10.3 Å². The summed E-state index contributed by atoms with van der Waals surface area (Å²) >= 11 is 0. The minimum atomic E-state index is -0.0514. The third kappa shape index (κ3) is 3.06. The van der Waals surface area contributed by atoms with Crippen LogP contribution in [0.5, 0.6) is 0 Å². The van der Waals surface area contributed by atoms with E-state index in [-0.39, 0.29) is 5.56 Å². The van der Waals surface area contributed by atoms with Gasteiger partial charge in [-0.25, -0.2) is 4.98 Å². The number of nitrogens with one attached hydrogen (secondary N) is 1. The molecule has 0 fully saturated rings. The Morgan fingerprint density at radius 3 is 3.00 bits per heavy atom. The number of rotatable bonds is 5. The Labute approximate surface area is 89.7 Å². The Morgan fingerprint density at radius 2 is 2.33 bits per heavy atom. The molecule has 1 aromatic rings. The van der Waals surface area contributed by atoms with Crippen molar-refractivity contribution in [2.45, 2.75) is 6.42 Å². The first-order valence-corrected chi connectivity index (χ1v) is 5.04. The average Bonchev–Trinajstić information content (AvgIpc) is 2.22. The molecule has 0 atom stereocenters. The van der Waals surface area contributed by atoms with Crippen LogP contribution in [0.25, 0.3) is 0 Å². The Morgan fingerprint density at radius 1 is 1.60 bits per heavy atom. The van der Waals surface area contributed by atoms with Crippen LogP contribution in [0.3, 0.4) is 0 Å². The lowest BCUT2D eigenvalue weighted by Gasteiger charge is -2.17. The van der Waals surface area contributed by atoms with Gasteiger partial charge >= 0.3 is 0 Å². The van der Waals surface area contributed by atoms with Crippen LogP contribution >= 0.6 is 0 Å². The summed E-state index contributed by atoms with van der Waals surface area (Å²) in [7, 11) is 5.54. The van der Waals surface area contributed by atoms with Gasteiger partial charge in [0, 0.05) is 33.0 Å². The minimum Gasteiger partial charge on any atom is -0.355 e. The van der Waals surface area contributed by atoms with E-state index in [1.165, 1.54) is 4.57 Å². The molecule has 0 aliphatic rings. The normalized spacial score (nSPS) is 10.3. The van der Waals surface area contributed by atoms with E-state index in [4.69, 9.17) is 0 Å². The van der Waals surface area contributed by atoms with Crippen molar-refractivity contribution in [2.75, 3.05) is 32.1 Å². The second-order valence-electron chi connectivity index (χ2n) is 3.55. The molecule has 1 rings (SSSR count). The summed E-state index contributed by atoms with van der Waals surface area (Å²) in [5.74, 6) is 0.510. The Hall–Kier alpha value is -1.36.